The van der Waals surface area contributed by atoms with Crippen molar-refractivity contribution < 1.29 is 14.2 Å². The molecule has 4 nitrogen and oxygen atoms in total. The van der Waals surface area contributed by atoms with E-state index >= 15 is 0 Å². The summed E-state index contributed by atoms with van der Waals surface area (Å²) in [6.07, 6.45) is 5.81. The van der Waals surface area contributed by atoms with Crippen LogP contribution in [0.2, 0.25) is 0 Å². The first-order valence-electron chi connectivity index (χ1n) is 6.94. The van der Waals surface area contributed by atoms with Gasteiger partial charge in [0.25, 0.3) is 0 Å². The van der Waals surface area contributed by atoms with Crippen molar-refractivity contribution in [3.8, 4) is 23.8 Å². The lowest BCUT2D eigenvalue weighted by Crippen LogP contribution is -2.18. The summed E-state index contributed by atoms with van der Waals surface area (Å²) in [7, 11) is 1.69. The maximum absolute atomic E-state index is 5.70. The fourth-order valence-electron chi connectivity index (χ4n) is 1.75. The predicted octanol–water partition coefficient (Wildman–Crippen LogP) is 2.99. The van der Waals surface area contributed by atoms with Gasteiger partial charge in [-0.05, 0) is 40.5 Å². The van der Waals surface area contributed by atoms with Crippen molar-refractivity contribution in [1.29, 1.82) is 0 Å². The Morgan fingerprint density at radius 1 is 1.29 bits per heavy atom. The topological polar surface area (TPSA) is 39.7 Å². The van der Waals surface area contributed by atoms with Crippen molar-refractivity contribution in [3.63, 3.8) is 0 Å². The lowest BCUT2D eigenvalue weighted by Gasteiger charge is -2.15. The third-order valence-electron chi connectivity index (χ3n) is 2.67. The molecule has 0 aliphatic carbocycles. The summed E-state index contributed by atoms with van der Waals surface area (Å²) >= 11 is 3.53. The van der Waals surface area contributed by atoms with Gasteiger partial charge in [-0.2, -0.15) is 0 Å². The zero-order valence-corrected chi connectivity index (χ0v) is 14.2. The maximum Gasteiger partial charge on any atom is 0.175 e. The Morgan fingerprint density at radius 3 is 2.76 bits per heavy atom. The number of rotatable bonds is 10. The average Bonchev–Trinajstić information content (AvgIpc) is 2.47. The predicted molar refractivity (Wildman–Crippen MR) is 87.8 cm³/mol. The van der Waals surface area contributed by atoms with E-state index in [9.17, 15) is 0 Å². The molecule has 1 aromatic rings. The first kappa shape index (κ1) is 17.8. The second-order valence-corrected chi connectivity index (χ2v) is 5.16. The first-order valence-corrected chi connectivity index (χ1v) is 7.73. The smallest absolute Gasteiger partial charge is 0.175 e. The second kappa shape index (κ2) is 10.5. The van der Waals surface area contributed by atoms with Crippen LogP contribution in [0.3, 0.4) is 0 Å². The molecule has 0 saturated carbocycles. The van der Waals surface area contributed by atoms with Gasteiger partial charge in [0.15, 0.2) is 11.5 Å². The van der Waals surface area contributed by atoms with Gasteiger partial charge in [-0.1, -0.05) is 0 Å². The minimum atomic E-state index is 0.473. The molecule has 0 bridgehead atoms. The van der Waals surface area contributed by atoms with Gasteiger partial charge in [0.1, 0.15) is 0 Å². The van der Waals surface area contributed by atoms with Crippen molar-refractivity contribution in [1.82, 2.24) is 5.32 Å². The SMILES string of the molecule is C#CCCOc1c(Br)cc(CNCCOC)cc1OCC. The number of terminal acetylenes is 1. The number of methoxy groups -OCH3 is 1. The summed E-state index contributed by atoms with van der Waals surface area (Å²) in [5.41, 5.74) is 1.12. The molecule has 116 valence electrons. The number of hydrogen-bond acceptors (Lipinski definition) is 4. The molecule has 0 amide bonds. The molecule has 0 fully saturated rings. The first-order chi connectivity index (χ1) is 10.2. The van der Waals surface area contributed by atoms with Crippen molar-refractivity contribution in [3.05, 3.63) is 22.2 Å². The van der Waals surface area contributed by atoms with Gasteiger partial charge in [-0.15, -0.1) is 12.3 Å². The minimum Gasteiger partial charge on any atom is -0.490 e. The Bertz CT molecular complexity index is 471. The van der Waals surface area contributed by atoms with E-state index in [1.54, 1.807) is 7.11 Å². The van der Waals surface area contributed by atoms with Crippen LogP contribution < -0.4 is 14.8 Å². The highest BCUT2D eigenvalue weighted by Gasteiger charge is 2.12. The average molecular weight is 356 g/mol. The molecular formula is C16H22BrNO3. The highest BCUT2D eigenvalue weighted by Crippen LogP contribution is 2.37. The third kappa shape index (κ3) is 6.38. The quantitative estimate of drug-likeness (QED) is 0.517. The lowest BCUT2D eigenvalue weighted by molar-refractivity contribution is 0.199. The maximum atomic E-state index is 5.70. The highest BCUT2D eigenvalue weighted by molar-refractivity contribution is 9.10. The molecule has 0 atom stereocenters. The summed E-state index contributed by atoms with van der Waals surface area (Å²) < 4.78 is 17.2. The summed E-state index contributed by atoms with van der Waals surface area (Å²) in [4.78, 5) is 0. The van der Waals surface area contributed by atoms with Crippen LogP contribution in [0.5, 0.6) is 11.5 Å². The van der Waals surface area contributed by atoms with E-state index in [1.165, 1.54) is 0 Å². The number of halogens is 1. The van der Waals surface area contributed by atoms with E-state index < -0.39 is 0 Å². The van der Waals surface area contributed by atoms with Crippen LogP contribution in [-0.2, 0) is 11.3 Å². The standard InChI is InChI=1S/C16H22BrNO3/c1-4-6-8-21-16-14(17)10-13(11-15(16)20-5-2)12-18-7-9-19-3/h1,10-11,18H,5-9,12H2,2-3H3. The van der Waals surface area contributed by atoms with Crippen molar-refractivity contribution in [2.45, 2.75) is 19.9 Å². The van der Waals surface area contributed by atoms with Crippen LogP contribution in [-0.4, -0.2) is 33.5 Å². The molecular weight excluding hydrogens is 334 g/mol. The summed E-state index contributed by atoms with van der Waals surface area (Å²) in [6, 6.07) is 4.01. The van der Waals surface area contributed by atoms with Crippen molar-refractivity contribution >= 4 is 15.9 Å². The van der Waals surface area contributed by atoms with Crippen LogP contribution in [0.15, 0.2) is 16.6 Å². The molecule has 0 saturated heterocycles. The molecule has 0 aromatic heterocycles. The molecule has 0 heterocycles. The lowest BCUT2D eigenvalue weighted by atomic mass is 10.2. The Kier molecular flexibility index (Phi) is 8.91. The minimum absolute atomic E-state index is 0.473. The zero-order chi connectivity index (χ0) is 15.5. The van der Waals surface area contributed by atoms with Crippen LogP contribution >= 0.6 is 15.9 Å². The van der Waals surface area contributed by atoms with Crippen LogP contribution in [0.1, 0.15) is 18.9 Å². The Hall–Kier alpha value is -1.22. The normalized spacial score (nSPS) is 10.2. The van der Waals surface area contributed by atoms with E-state index in [0.29, 0.717) is 32.0 Å². The number of hydrogen-bond donors (Lipinski definition) is 1. The fourth-order valence-corrected chi connectivity index (χ4v) is 2.35. The zero-order valence-electron chi connectivity index (χ0n) is 12.6. The molecule has 5 heteroatoms. The van der Waals surface area contributed by atoms with Gasteiger partial charge in [0, 0.05) is 26.6 Å². The van der Waals surface area contributed by atoms with E-state index in [-0.39, 0.29) is 0 Å². The van der Waals surface area contributed by atoms with E-state index in [4.69, 9.17) is 20.6 Å². The van der Waals surface area contributed by atoms with Crippen LogP contribution in [0.4, 0.5) is 0 Å². The summed E-state index contributed by atoms with van der Waals surface area (Å²) in [6.45, 7) is 5.24. The van der Waals surface area contributed by atoms with Crippen LogP contribution in [0, 0.1) is 12.3 Å². The van der Waals surface area contributed by atoms with Crippen molar-refractivity contribution in [2.75, 3.05) is 33.5 Å². The number of ether oxygens (including phenoxy) is 3. The summed E-state index contributed by atoms with van der Waals surface area (Å²) in [5, 5.41) is 3.30. The fraction of sp³-hybridized carbons (Fsp3) is 0.500. The third-order valence-corrected chi connectivity index (χ3v) is 3.26. The Morgan fingerprint density at radius 2 is 2.10 bits per heavy atom. The van der Waals surface area contributed by atoms with Gasteiger partial charge in [-0.25, -0.2) is 0 Å². The number of benzene rings is 1. The highest BCUT2D eigenvalue weighted by atomic mass is 79.9. The van der Waals surface area contributed by atoms with E-state index in [0.717, 1.165) is 28.9 Å². The van der Waals surface area contributed by atoms with Crippen LogP contribution in [0.25, 0.3) is 0 Å². The Labute approximate surface area is 135 Å². The molecule has 0 radical (unpaired) electrons. The van der Waals surface area contributed by atoms with E-state index in [2.05, 4.69) is 27.2 Å². The van der Waals surface area contributed by atoms with Gasteiger partial charge in [0.2, 0.25) is 0 Å². The molecule has 1 rings (SSSR count). The number of nitrogens with one attached hydrogen (secondary N) is 1. The molecule has 1 aromatic carbocycles. The molecule has 21 heavy (non-hydrogen) atoms. The van der Waals surface area contributed by atoms with Gasteiger partial charge in [-0.3, -0.25) is 0 Å². The molecule has 1 N–H and O–H groups in total. The monoisotopic (exact) mass is 355 g/mol. The van der Waals surface area contributed by atoms with Gasteiger partial charge >= 0.3 is 0 Å². The second-order valence-electron chi connectivity index (χ2n) is 4.31. The van der Waals surface area contributed by atoms with Crippen molar-refractivity contribution in [2.24, 2.45) is 0 Å². The van der Waals surface area contributed by atoms with Gasteiger partial charge in [0.05, 0.1) is 24.3 Å². The van der Waals surface area contributed by atoms with Gasteiger partial charge < -0.3 is 19.5 Å². The largest absolute Gasteiger partial charge is 0.490 e. The molecule has 0 spiro atoms. The molecule has 0 aliphatic rings. The van der Waals surface area contributed by atoms with E-state index in [1.807, 2.05) is 19.1 Å². The summed E-state index contributed by atoms with van der Waals surface area (Å²) in [5.74, 6) is 3.99. The molecule has 0 unspecified atom stereocenters. The Balaban J connectivity index is 2.77. The molecule has 0 aliphatic heterocycles.